The topological polar surface area (TPSA) is 17.1 Å². The van der Waals surface area contributed by atoms with Gasteiger partial charge in [-0.05, 0) is 18.2 Å². The van der Waals surface area contributed by atoms with Gasteiger partial charge in [-0.25, -0.2) is 8.78 Å². The van der Waals surface area contributed by atoms with Crippen molar-refractivity contribution in [3.05, 3.63) is 35.4 Å². The second-order valence-corrected chi connectivity index (χ2v) is 2.43. The third kappa shape index (κ3) is 2.12. The van der Waals surface area contributed by atoms with Crippen LogP contribution in [0.2, 0.25) is 0 Å². The molecular formula is C10H6F2O. The predicted octanol–water partition coefficient (Wildman–Crippen LogP) is 2.17. The Labute approximate surface area is 74.4 Å². The van der Waals surface area contributed by atoms with Gasteiger partial charge in [-0.15, -0.1) is 6.42 Å². The molecular weight excluding hydrogens is 174 g/mol. The van der Waals surface area contributed by atoms with Crippen LogP contribution in [0.3, 0.4) is 0 Å². The summed E-state index contributed by atoms with van der Waals surface area (Å²) in [5.41, 5.74) is 0.0943. The zero-order chi connectivity index (χ0) is 9.84. The minimum Gasteiger partial charge on any atom is -0.293 e. The lowest BCUT2D eigenvalue weighted by Gasteiger charge is -1.97. The van der Waals surface area contributed by atoms with Crippen molar-refractivity contribution in [2.75, 3.05) is 0 Å². The van der Waals surface area contributed by atoms with Gasteiger partial charge in [-0.1, -0.05) is 5.92 Å². The highest BCUT2D eigenvalue weighted by atomic mass is 19.2. The third-order valence-electron chi connectivity index (χ3n) is 1.50. The highest BCUT2D eigenvalue weighted by Crippen LogP contribution is 2.10. The molecule has 0 heterocycles. The molecule has 3 heteroatoms. The molecule has 0 N–H and O–H groups in total. The zero-order valence-electron chi connectivity index (χ0n) is 6.68. The summed E-state index contributed by atoms with van der Waals surface area (Å²) in [4.78, 5) is 11.1. The highest BCUT2D eigenvalue weighted by Gasteiger charge is 2.07. The number of ketones is 1. The molecule has 0 fully saturated rings. The second-order valence-electron chi connectivity index (χ2n) is 2.43. The summed E-state index contributed by atoms with van der Waals surface area (Å²) in [6.07, 6.45) is 4.79. The first-order valence-electron chi connectivity index (χ1n) is 3.57. The molecule has 1 aromatic carbocycles. The van der Waals surface area contributed by atoms with E-state index in [0.717, 1.165) is 12.1 Å². The van der Waals surface area contributed by atoms with Crippen molar-refractivity contribution in [2.45, 2.75) is 6.42 Å². The summed E-state index contributed by atoms with van der Waals surface area (Å²) >= 11 is 0. The van der Waals surface area contributed by atoms with E-state index in [1.54, 1.807) is 0 Å². The van der Waals surface area contributed by atoms with Crippen LogP contribution >= 0.6 is 0 Å². The first kappa shape index (κ1) is 9.40. The monoisotopic (exact) mass is 180 g/mol. The summed E-state index contributed by atoms with van der Waals surface area (Å²) in [5.74, 6) is -0.267. The SMILES string of the molecule is C#CCC(=O)c1ccc(F)c(F)c1. The highest BCUT2D eigenvalue weighted by molar-refractivity contribution is 5.97. The molecule has 0 aliphatic rings. The molecule has 1 rings (SSSR count). The molecule has 66 valence electrons. The first-order valence-corrected chi connectivity index (χ1v) is 3.57. The van der Waals surface area contributed by atoms with Gasteiger partial charge in [0.15, 0.2) is 17.4 Å². The average Bonchev–Trinajstić information content (AvgIpc) is 2.10. The Morgan fingerprint density at radius 3 is 2.62 bits per heavy atom. The third-order valence-corrected chi connectivity index (χ3v) is 1.50. The zero-order valence-corrected chi connectivity index (χ0v) is 6.68. The standard InChI is InChI=1S/C10H6F2O/c1-2-3-10(13)7-4-5-8(11)9(12)6-7/h1,4-6H,3H2. The van der Waals surface area contributed by atoms with E-state index in [9.17, 15) is 13.6 Å². The average molecular weight is 180 g/mol. The lowest BCUT2D eigenvalue weighted by atomic mass is 10.1. The number of hydrogen-bond acceptors (Lipinski definition) is 1. The van der Waals surface area contributed by atoms with Crippen molar-refractivity contribution in [1.29, 1.82) is 0 Å². The number of hydrogen-bond donors (Lipinski definition) is 0. The van der Waals surface area contributed by atoms with Crippen LogP contribution in [-0.4, -0.2) is 5.78 Å². The normalized spacial score (nSPS) is 9.31. The van der Waals surface area contributed by atoms with E-state index in [1.807, 2.05) is 0 Å². The predicted molar refractivity (Wildman–Crippen MR) is 44.1 cm³/mol. The van der Waals surface area contributed by atoms with Gasteiger partial charge < -0.3 is 0 Å². The van der Waals surface area contributed by atoms with Crippen molar-refractivity contribution in [3.63, 3.8) is 0 Å². The van der Waals surface area contributed by atoms with Gasteiger partial charge in [0.05, 0.1) is 6.42 Å². The van der Waals surface area contributed by atoms with Crippen LogP contribution in [0.1, 0.15) is 16.8 Å². The van der Waals surface area contributed by atoms with Crippen molar-refractivity contribution >= 4 is 5.78 Å². The van der Waals surface area contributed by atoms with Gasteiger partial charge in [0.25, 0.3) is 0 Å². The fourth-order valence-electron chi connectivity index (χ4n) is 0.864. The molecule has 0 aromatic heterocycles. The van der Waals surface area contributed by atoms with Crippen LogP contribution < -0.4 is 0 Å². The van der Waals surface area contributed by atoms with Crippen LogP contribution in [0.5, 0.6) is 0 Å². The van der Waals surface area contributed by atoms with E-state index in [-0.39, 0.29) is 17.8 Å². The molecule has 0 amide bonds. The molecule has 0 saturated carbocycles. The molecule has 0 aliphatic heterocycles. The Kier molecular flexibility index (Phi) is 2.76. The molecule has 0 saturated heterocycles. The quantitative estimate of drug-likeness (QED) is 0.503. The van der Waals surface area contributed by atoms with Crippen LogP contribution in [0, 0.1) is 24.0 Å². The van der Waals surface area contributed by atoms with Crippen LogP contribution in [0.4, 0.5) is 8.78 Å². The number of halogens is 2. The summed E-state index contributed by atoms with van der Waals surface area (Å²) in [6, 6.07) is 2.95. The first-order chi connectivity index (χ1) is 6.15. The Morgan fingerprint density at radius 2 is 2.08 bits per heavy atom. The van der Waals surface area contributed by atoms with Gasteiger partial charge in [-0.3, -0.25) is 4.79 Å². The number of carbonyl (C=O) groups excluding carboxylic acids is 1. The van der Waals surface area contributed by atoms with E-state index in [1.165, 1.54) is 6.07 Å². The maximum Gasteiger partial charge on any atom is 0.174 e. The Hall–Kier alpha value is -1.69. The van der Waals surface area contributed by atoms with Gasteiger partial charge in [-0.2, -0.15) is 0 Å². The summed E-state index contributed by atoms with van der Waals surface area (Å²) < 4.78 is 25.0. The number of carbonyl (C=O) groups is 1. The summed E-state index contributed by atoms with van der Waals surface area (Å²) in [6.45, 7) is 0. The van der Waals surface area contributed by atoms with E-state index >= 15 is 0 Å². The Balaban J connectivity index is 2.98. The van der Waals surface area contributed by atoms with Gasteiger partial charge in [0, 0.05) is 5.56 Å². The summed E-state index contributed by atoms with van der Waals surface area (Å²) in [5, 5.41) is 0. The molecule has 0 radical (unpaired) electrons. The maximum absolute atomic E-state index is 12.6. The number of terminal acetylenes is 1. The molecule has 1 nitrogen and oxygen atoms in total. The summed E-state index contributed by atoms with van der Waals surface area (Å²) in [7, 11) is 0. The lowest BCUT2D eigenvalue weighted by molar-refractivity contribution is 0.0997. The van der Waals surface area contributed by atoms with E-state index in [0.29, 0.717) is 0 Å². The smallest absolute Gasteiger partial charge is 0.174 e. The lowest BCUT2D eigenvalue weighted by Crippen LogP contribution is -1.98. The van der Waals surface area contributed by atoms with Crippen LogP contribution in [0.25, 0.3) is 0 Å². The van der Waals surface area contributed by atoms with Gasteiger partial charge >= 0.3 is 0 Å². The largest absolute Gasteiger partial charge is 0.293 e. The van der Waals surface area contributed by atoms with Crippen molar-refractivity contribution in [2.24, 2.45) is 0 Å². The fourth-order valence-corrected chi connectivity index (χ4v) is 0.864. The number of benzene rings is 1. The van der Waals surface area contributed by atoms with Crippen molar-refractivity contribution < 1.29 is 13.6 Å². The maximum atomic E-state index is 12.6. The molecule has 0 unspecified atom stereocenters. The van der Waals surface area contributed by atoms with E-state index < -0.39 is 11.6 Å². The van der Waals surface area contributed by atoms with Gasteiger partial charge in [0.1, 0.15) is 0 Å². The molecule has 0 aliphatic carbocycles. The van der Waals surface area contributed by atoms with Crippen molar-refractivity contribution in [1.82, 2.24) is 0 Å². The van der Waals surface area contributed by atoms with Gasteiger partial charge in [0.2, 0.25) is 0 Å². The number of rotatable bonds is 2. The Bertz CT molecular complexity index is 377. The van der Waals surface area contributed by atoms with E-state index in [4.69, 9.17) is 6.42 Å². The molecule has 0 spiro atoms. The molecule has 0 atom stereocenters. The van der Waals surface area contributed by atoms with E-state index in [2.05, 4.69) is 5.92 Å². The number of Topliss-reactive ketones (excluding diaryl/α,β-unsaturated/α-hetero) is 1. The van der Waals surface area contributed by atoms with Crippen molar-refractivity contribution in [3.8, 4) is 12.3 Å². The molecule has 13 heavy (non-hydrogen) atoms. The Morgan fingerprint density at radius 1 is 1.38 bits per heavy atom. The minimum absolute atomic E-state index is 0.0943. The molecule has 1 aromatic rings. The van der Waals surface area contributed by atoms with Crippen LogP contribution in [0.15, 0.2) is 18.2 Å². The fraction of sp³-hybridized carbons (Fsp3) is 0.100. The second kappa shape index (κ2) is 3.81. The van der Waals surface area contributed by atoms with Crippen LogP contribution in [-0.2, 0) is 0 Å². The molecule has 0 bridgehead atoms. The minimum atomic E-state index is -1.04.